The van der Waals surface area contributed by atoms with Gasteiger partial charge in [-0.15, -0.1) is 0 Å². The van der Waals surface area contributed by atoms with Crippen LogP contribution in [-0.4, -0.2) is 12.4 Å². The molecule has 2 nitrogen and oxygen atoms in total. The fourth-order valence-electron chi connectivity index (χ4n) is 0.653. The third kappa shape index (κ3) is 0.320. The van der Waals surface area contributed by atoms with E-state index in [1.807, 2.05) is 0 Å². The highest BCUT2D eigenvalue weighted by atomic mass is 14.9. The maximum atomic E-state index is 3.86. The number of allylic oxidation sites excluding steroid dienone is 2. The van der Waals surface area contributed by atoms with Gasteiger partial charge in [0.2, 0.25) is 0 Å². The molecule has 0 aromatic rings. The lowest BCUT2D eigenvalue weighted by atomic mass is 10.4. The average Bonchev–Trinajstić information content (AvgIpc) is 2.15. The molecule has 2 aliphatic rings. The van der Waals surface area contributed by atoms with Crippen molar-refractivity contribution in [3.63, 3.8) is 0 Å². The van der Waals surface area contributed by atoms with E-state index in [9.17, 15) is 0 Å². The van der Waals surface area contributed by atoms with Gasteiger partial charge in [0.1, 0.15) is 0 Å². The summed E-state index contributed by atoms with van der Waals surface area (Å²) in [6, 6.07) is 0. The van der Waals surface area contributed by atoms with Gasteiger partial charge in [-0.2, -0.15) is 0 Å². The summed E-state index contributed by atoms with van der Waals surface area (Å²) in [7, 11) is 0. The minimum absolute atomic E-state index is 0.880. The van der Waals surface area contributed by atoms with Crippen LogP contribution in [0.3, 0.4) is 0 Å². The van der Waals surface area contributed by atoms with E-state index in [1.165, 1.54) is 0 Å². The van der Waals surface area contributed by atoms with Crippen molar-refractivity contribution < 1.29 is 0 Å². The molecule has 0 aromatic heterocycles. The second-order valence-corrected chi connectivity index (χ2v) is 1.54. The molecule has 2 heteroatoms. The highest BCUT2D eigenvalue weighted by molar-refractivity contribution is 5.88. The summed E-state index contributed by atoms with van der Waals surface area (Å²) in [4.78, 5) is 7.72. The fraction of sp³-hybridized carbons (Fsp3) is 0. The molecular formula is C6H2N2. The van der Waals surface area contributed by atoms with Crippen molar-refractivity contribution in [3.8, 4) is 0 Å². The number of hydrogen-bond acceptors (Lipinski definition) is 2. The first kappa shape index (κ1) is 3.78. The lowest BCUT2D eigenvalue weighted by Crippen LogP contribution is -1.66. The van der Waals surface area contributed by atoms with E-state index in [0.29, 0.717) is 0 Å². The Labute approximate surface area is 47.0 Å². The molecule has 0 atom stereocenters. The molecular weight excluding hydrogens is 100 g/mol. The zero-order valence-electron chi connectivity index (χ0n) is 4.05. The van der Waals surface area contributed by atoms with Crippen molar-refractivity contribution in [2.24, 2.45) is 9.98 Å². The number of nitrogens with zero attached hydrogens (tertiary/aromatic N) is 2. The molecule has 0 spiro atoms. The van der Waals surface area contributed by atoms with Gasteiger partial charge in [-0.3, -0.25) is 0 Å². The van der Waals surface area contributed by atoms with Crippen molar-refractivity contribution in [2.75, 3.05) is 0 Å². The smallest absolute Gasteiger partial charge is 0.0917 e. The minimum atomic E-state index is 0.880. The Morgan fingerprint density at radius 1 is 1.00 bits per heavy atom. The van der Waals surface area contributed by atoms with Crippen LogP contribution in [0.1, 0.15) is 0 Å². The van der Waals surface area contributed by atoms with Crippen LogP contribution in [0.5, 0.6) is 0 Å². The Morgan fingerprint density at radius 3 is 2.00 bits per heavy atom. The van der Waals surface area contributed by atoms with Crippen LogP contribution in [0.15, 0.2) is 33.5 Å². The Morgan fingerprint density at radius 2 is 1.50 bits per heavy atom. The maximum absolute atomic E-state index is 3.86. The van der Waals surface area contributed by atoms with E-state index in [-0.39, 0.29) is 0 Å². The van der Waals surface area contributed by atoms with E-state index in [4.69, 9.17) is 0 Å². The Bertz CT molecular complexity index is 205. The second-order valence-electron chi connectivity index (χ2n) is 1.54. The lowest BCUT2D eigenvalue weighted by molar-refractivity contribution is 1.33. The monoisotopic (exact) mass is 102 g/mol. The summed E-state index contributed by atoms with van der Waals surface area (Å²) >= 11 is 0. The quantitative estimate of drug-likeness (QED) is 0.429. The van der Waals surface area contributed by atoms with Crippen LogP contribution in [0.25, 0.3) is 0 Å². The van der Waals surface area contributed by atoms with Gasteiger partial charge in [-0.1, -0.05) is 0 Å². The van der Waals surface area contributed by atoms with E-state index in [1.54, 1.807) is 12.2 Å². The number of hydrogen-bond donors (Lipinski definition) is 0. The first-order valence-corrected chi connectivity index (χ1v) is 2.30. The molecule has 2 rings (SSSR count). The summed E-state index contributed by atoms with van der Waals surface area (Å²) in [5, 5.41) is 0. The van der Waals surface area contributed by atoms with Crippen LogP contribution >= 0.6 is 0 Å². The molecule has 2 aliphatic heterocycles. The average molecular weight is 102 g/mol. The summed E-state index contributed by atoms with van der Waals surface area (Å²) in [5.41, 5.74) is 1.76. The first-order valence-electron chi connectivity index (χ1n) is 2.30. The second kappa shape index (κ2) is 1.15. The molecule has 0 saturated carbocycles. The lowest BCUT2D eigenvalue weighted by Gasteiger charge is -1.82. The highest BCUT2D eigenvalue weighted by Gasteiger charge is 2.08. The molecule has 0 aromatic carbocycles. The van der Waals surface area contributed by atoms with E-state index in [0.717, 1.165) is 11.4 Å². The molecule has 0 fully saturated rings. The highest BCUT2D eigenvalue weighted by Crippen LogP contribution is 2.19. The van der Waals surface area contributed by atoms with Gasteiger partial charge in [-0.05, 0) is 12.2 Å². The topological polar surface area (TPSA) is 24.7 Å². The molecule has 36 valence electrons. The van der Waals surface area contributed by atoms with Crippen LogP contribution in [-0.2, 0) is 0 Å². The molecule has 2 heterocycles. The van der Waals surface area contributed by atoms with Gasteiger partial charge in [0, 0.05) is 0 Å². The standard InChI is InChI=1S/C6H2N2/c1-3-7-6-2-4-8-5(1)6/h1-2H. The fourth-order valence-corrected chi connectivity index (χ4v) is 0.653. The van der Waals surface area contributed by atoms with Gasteiger partial charge >= 0.3 is 0 Å². The number of fused-ring (bicyclic) bond motifs is 1. The molecule has 2 radical (unpaired) electrons. The molecule has 0 saturated heterocycles. The number of aliphatic imine (C=N–C) groups is 2. The van der Waals surface area contributed by atoms with Gasteiger partial charge < -0.3 is 0 Å². The van der Waals surface area contributed by atoms with Crippen molar-refractivity contribution >= 4 is 12.4 Å². The summed E-state index contributed by atoms with van der Waals surface area (Å²) in [5.74, 6) is 0. The zero-order valence-corrected chi connectivity index (χ0v) is 4.05. The van der Waals surface area contributed by atoms with Crippen LogP contribution in [0, 0.1) is 0 Å². The largest absolute Gasteiger partial charge is 0.244 e. The Hall–Kier alpha value is -1.18. The van der Waals surface area contributed by atoms with Crippen molar-refractivity contribution in [1.29, 1.82) is 0 Å². The predicted octanol–water partition coefficient (Wildman–Crippen LogP) is 0.677. The summed E-state index contributed by atoms with van der Waals surface area (Å²) < 4.78 is 0. The third-order valence-electron chi connectivity index (χ3n) is 1.03. The number of rotatable bonds is 0. The van der Waals surface area contributed by atoms with Crippen molar-refractivity contribution in [1.82, 2.24) is 0 Å². The maximum Gasteiger partial charge on any atom is 0.0917 e. The third-order valence-corrected chi connectivity index (χ3v) is 1.03. The van der Waals surface area contributed by atoms with Crippen molar-refractivity contribution in [3.05, 3.63) is 23.5 Å². The minimum Gasteiger partial charge on any atom is -0.244 e. The molecule has 0 aliphatic carbocycles. The molecule has 0 N–H and O–H groups in total. The normalized spacial score (nSPS) is 21.0. The van der Waals surface area contributed by atoms with Gasteiger partial charge in [-0.25, -0.2) is 9.98 Å². The van der Waals surface area contributed by atoms with Crippen LogP contribution in [0.2, 0.25) is 0 Å². The Kier molecular flexibility index (Phi) is 0.545. The van der Waals surface area contributed by atoms with Crippen LogP contribution < -0.4 is 0 Å². The SMILES string of the molecule is [C]1=NC2=C[C]=NC2=C1. The first-order chi connectivity index (χ1) is 3.97. The molecule has 0 unspecified atom stereocenters. The Balaban J connectivity index is 2.59. The van der Waals surface area contributed by atoms with Gasteiger partial charge in [0.25, 0.3) is 0 Å². The molecule has 0 amide bonds. The predicted molar refractivity (Wildman–Crippen MR) is 31.0 cm³/mol. The summed E-state index contributed by atoms with van der Waals surface area (Å²) in [6.07, 6.45) is 8.85. The van der Waals surface area contributed by atoms with E-state index >= 15 is 0 Å². The van der Waals surface area contributed by atoms with Gasteiger partial charge in [0.05, 0.1) is 23.8 Å². The molecule has 8 heavy (non-hydrogen) atoms. The van der Waals surface area contributed by atoms with Crippen LogP contribution in [0.4, 0.5) is 0 Å². The molecule has 0 bridgehead atoms. The van der Waals surface area contributed by atoms with E-state index < -0.39 is 0 Å². The zero-order chi connectivity index (χ0) is 5.40. The van der Waals surface area contributed by atoms with Gasteiger partial charge in [0.15, 0.2) is 0 Å². The van der Waals surface area contributed by atoms with Crippen molar-refractivity contribution in [2.45, 2.75) is 0 Å². The summed E-state index contributed by atoms with van der Waals surface area (Å²) in [6.45, 7) is 0. The van der Waals surface area contributed by atoms with E-state index in [2.05, 4.69) is 22.4 Å².